The molecule has 0 bridgehead atoms. The van der Waals surface area contributed by atoms with Gasteiger partial charge in [-0.3, -0.25) is 0 Å². The molecule has 0 saturated heterocycles. The van der Waals surface area contributed by atoms with E-state index in [4.69, 9.17) is 4.74 Å². The van der Waals surface area contributed by atoms with Gasteiger partial charge >= 0.3 is 11.9 Å². The first-order chi connectivity index (χ1) is 24.7. The van der Waals surface area contributed by atoms with E-state index in [0.717, 1.165) is 9.79 Å². The van der Waals surface area contributed by atoms with E-state index in [2.05, 4.69) is 30.4 Å². The van der Waals surface area contributed by atoms with Crippen molar-refractivity contribution >= 4 is 59.0 Å². The molecule has 4 heterocycles. The first kappa shape index (κ1) is 38.5. The van der Waals surface area contributed by atoms with Gasteiger partial charge < -0.3 is 19.0 Å². The first-order valence-corrected chi connectivity index (χ1v) is 18.4. The van der Waals surface area contributed by atoms with Gasteiger partial charge in [0.05, 0.1) is 0 Å². The lowest BCUT2D eigenvalue weighted by Crippen LogP contribution is -2.25. The molecule has 4 aromatic heterocycles. The number of ether oxygens (including phenoxy) is 1. The maximum atomic E-state index is 13.2. The van der Waals surface area contributed by atoms with Crippen molar-refractivity contribution in [3.8, 4) is 0 Å². The van der Waals surface area contributed by atoms with Crippen LogP contribution in [0.4, 0.5) is 8.78 Å². The number of esters is 1. The Bertz CT molecular complexity index is 2180. The molecular formula is C34H30F2N8O4S4. The molecule has 0 aliphatic carbocycles. The molecule has 6 aromatic rings. The summed E-state index contributed by atoms with van der Waals surface area (Å²) in [5.41, 5.74) is -0.503. The lowest BCUT2D eigenvalue weighted by atomic mass is 10.2. The van der Waals surface area contributed by atoms with E-state index in [0.29, 0.717) is 30.2 Å². The number of aryl methyl sites for hydroxylation is 2. The minimum Gasteiger partial charge on any atom is -0.476 e. The molecule has 18 heteroatoms. The second-order valence-corrected chi connectivity index (χ2v) is 15.8. The third kappa shape index (κ3) is 10.9. The molecule has 0 spiro atoms. The molecule has 0 saturated carbocycles. The van der Waals surface area contributed by atoms with Gasteiger partial charge in [-0.15, -0.1) is 20.4 Å². The van der Waals surface area contributed by atoms with Crippen molar-refractivity contribution in [1.82, 2.24) is 39.5 Å². The highest BCUT2D eigenvalue weighted by Crippen LogP contribution is 2.35. The van der Waals surface area contributed by atoms with E-state index in [-0.39, 0.29) is 23.0 Å². The molecular weight excluding hydrogens is 751 g/mol. The molecule has 12 nitrogen and oxygen atoms in total. The van der Waals surface area contributed by atoms with Gasteiger partial charge in [-0.1, -0.05) is 23.5 Å². The second-order valence-electron chi connectivity index (χ2n) is 11.6. The minimum atomic E-state index is -1.12. The van der Waals surface area contributed by atoms with Crippen molar-refractivity contribution in [3.05, 3.63) is 108 Å². The molecule has 0 radical (unpaired) electrons. The van der Waals surface area contributed by atoms with Crippen LogP contribution in [0, 0.1) is 11.6 Å². The Morgan fingerprint density at radius 1 is 0.654 bits per heavy atom. The lowest BCUT2D eigenvalue weighted by molar-refractivity contribution is 0.00574. The summed E-state index contributed by atoms with van der Waals surface area (Å²) in [4.78, 5) is 35.6. The van der Waals surface area contributed by atoms with Gasteiger partial charge in [0.2, 0.25) is 0 Å². The van der Waals surface area contributed by atoms with Crippen LogP contribution in [0.1, 0.15) is 41.7 Å². The fraction of sp³-hybridized carbons (Fsp3) is 0.176. The number of carboxylic acids is 1. The van der Waals surface area contributed by atoms with Crippen LogP contribution in [0.3, 0.4) is 0 Å². The number of hydrogen-bond acceptors (Lipinski definition) is 13. The van der Waals surface area contributed by atoms with Crippen molar-refractivity contribution in [2.75, 3.05) is 0 Å². The van der Waals surface area contributed by atoms with Gasteiger partial charge in [-0.25, -0.2) is 28.3 Å². The largest absolute Gasteiger partial charge is 0.476 e. The number of carbonyl (C=O) groups is 2. The average molecular weight is 781 g/mol. The van der Waals surface area contributed by atoms with Gasteiger partial charge in [-0.2, -0.15) is 0 Å². The van der Waals surface area contributed by atoms with E-state index < -0.39 is 17.5 Å². The summed E-state index contributed by atoms with van der Waals surface area (Å²) in [5.74, 6) is -2.30. The quantitative estimate of drug-likeness (QED) is 0.134. The van der Waals surface area contributed by atoms with Crippen LogP contribution in [0.25, 0.3) is 0 Å². The van der Waals surface area contributed by atoms with E-state index in [9.17, 15) is 23.5 Å². The van der Waals surface area contributed by atoms with E-state index in [1.165, 1.54) is 71.3 Å². The molecule has 52 heavy (non-hydrogen) atoms. The number of pyridine rings is 2. The number of carboxylic acid groups (broad SMARTS) is 1. The third-order valence-electron chi connectivity index (χ3n) is 6.27. The number of rotatable bonds is 10. The van der Waals surface area contributed by atoms with Crippen LogP contribution in [-0.4, -0.2) is 62.1 Å². The van der Waals surface area contributed by atoms with E-state index in [1.807, 2.05) is 7.05 Å². The van der Waals surface area contributed by atoms with Crippen LogP contribution in [-0.2, 0) is 18.8 Å². The van der Waals surface area contributed by atoms with Gasteiger partial charge in [0.1, 0.15) is 39.9 Å². The van der Waals surface area contributed by atoms with Gasteiger partial charge in [0.15, 0.2) is 21.7 Å². The van der Waals surface area contributed by atoms with Crippen molar-refractivity contribution in [2.24, 2.45) is 14.1 Å². The average Bonchev–Trinajstić information content (AvgIpc) is 3.70. The van der Waals surface area contributed by atoms with E-state index in [1.54, 1.807) is 98.1 Å². The number of aromatic nitrogens is 8. The molecule has 0 aliphatic rings. The Balaban J connectivity index is 0.000000203. The summed E-state index contributed by atoms with van der Waals surface area (Å²) in [6.45, 7) is 5.40. The Kier molecular flexibility index (Phi) is 12.7. The van der Waals surface area contributed by atoms with Crippen molar-refractivity contribution in [1.29, 1.82) is 0 Å². The van der Waals surface area contributed by atoms with Gasteiger partial charge in [0.25, 0.3) is 0 Å². The van der Waals surface area contributed by atoms with Crippen molar-refractivity contribution in [3.63, 3.8) is 0 Å². The zero-order chi connectivity index (χ0) is 37.4. The molecule has 2 aromatic carbocycles. The van der Waals surface area contributed by atoms with Crippen LogP contribution in [0.15, 0.2) is 125 Å². The summed E-state index contributed by atoms with van der Waals surface area (Å²) in [6, 6.07) is 18.9. The molecule has 6 rings (SSSR count). The molecule has 0 atom stereocenters. The fourth-order valence-electron chi connectivity index (χ4n) is 3.94. The highest BCUT2D eigenvalue weighted by Gasteiger charge is 2.23. The number of aromatic carboxylic acids is 1. The normalized spacial score (nSPS) is 11.1. The molecule has 1 N–H and O–H groups in total. The molecule has 0 amide bonds. The Labute approximate surface area is 314 Å². The van der Waals surface area contributed by atoms with Crippen molar-refractivity contribution < 1.29 is 28.2 Å². The van der Waals surface area contributed by atoms with Crippen LogP contribution < -0.4 is 0 Å². The Hall–Kier alpha value is -4.78. The Morgan fingerprint density at radius 2 is 1.08 bits per heavy atom. The summed E-state index contributed by atoms with van der Waals surface area (Å²) >= 11 is 5.07. The highest BCUT2D eigenvalue weighted by molar-refractivity contribution is 8.00. The van der Waals surface area contributed by atoms with Crippen LogP contribution >= 0.6 is 47.0 Å². The lowest BCUT2D eigenvalue weighted by Gasteiger charge is -2.20. The molecule has 268 valence electrons. The van der Waals surface area contributed by atoms with Gasteiger partial charge in [-0.05, 0) is 117 Å². The fourth-order valence-corrected chi connectivity index (χ4v) is 7.20. The third-order valence-corrected chi connectivity index (χ3v) is 10.4. The summed E-state index contributed by atoms with van der Waals surface area (Å²) in [5, 5.41) is 27.3. The van der Waals surface area contributed by atoms with Crippen LogP contribution in [0.5, 0.6) is 0 Å². The monoisotopic (exact) mass is 780 g/mol. The van der Waals surface area contributed by atoms with Crippen LogP contribution in [0.2, 0.25) is 0 Å². The van der Waals surface area contributed by atoms with Gasteiger partial charge in [0, 0.05) is 33.7 Å². The number of halogens is 2. The standard InChI is InChI=1S/C19H19FN4O2S2.C15H11FN4O2S2/c1-19(2,3)26-17(25)16-14(27-13-7-5-12(20)6-8-13)9-10-15(22-16)28-18-23-21-11-24(18)4;1-20-8-17-19-15(20)24-12-7-6-11(13(18-12)14(21)22)23-10-4-2-9(16)3-5-10/h5-11H,1-4H3;2-8H,1H3,(H,21,22). The number of hydrogen-bond donors (Lipinski definition) is 1. The predicted octanol–water partition coefficient (Wildman–Crippen LogP) is 7.96. The predicted molar refractivity (Wildman–Crippen MR) is 192 cm³/mol. The number of benzene rings is 2. The van der Waals surface area contributed by atoms with Crippen molar-refractivity contribution in [2.45, 2.75) is 66.3 Å². The summed E-state index contributed by atoms with van der Waals surface area (Å²) in [7, 11) is 3.62. The summed E-state index contributed by atoms with van der Waals surface area (Å²) < 4.78 is 35.1. The first-order valence-electron chi connectivity index (χ1n) is 15.1. The minimum absolute atomic E-state index is 0.0588. The number of carbonyl (C=O) groups excluding carboxylic acids is 1. The molecule has 0 fully saturated rings. The number of nitrogens with zero attached hydrogens (tertiary/aromatic N) is 8. The smallest absolute Gasteiger partial charge is 0.358 e. The topological polar surface area (TPSA) is 151 Å². The second kappa shape index (κ2) is 17.2. The molecule has 0 aliphatic heterocycles. The maximum Gasteiger partial charge on any atom is 0.358 e. The maximum absolute atomic E-state index is 13.2. The highest BCUT2D eigenvalue weighted by atomic mass is 32.2. The SMILES string of the molecule is Cn1cnnc1Sc1ccc(Sc2ccc(F)cc2)c(C(=O)O)n1.Cn1cnnc1Sc1ccc(Sc2ccc(F)cc2)c(C(=O)OC(C)(C)C)n1. The zero-order valence-corrected chi connectivity index (χ0v) is 31.5. The zero-order valence-electron chi connectivity index (χ0n) is 28.2. The Morgan fingerprint density at radius 3 is 1.46 bits per heavy atom. The van der Waals surface area contributed by atoms with E-state index >= 15 is 0 Å². The molecule has 0 unspecified atom stereocenters. The summed E-state index contributed by atoms with van der Waals surface area (Å²) in [6.07, 6.45) is 3.15.